The van der Waals surface area contributed by atoms with Crippen LogP contribution in [0.25, 0.3) is 11.1 Å². The van der Waals surface area contributed by atoms with E-state index < -0.39 is 11.6 Å². The van der Waals surface area contributed by atoms with Crippen molar-refractivity contribution in [3.05, 3.63) is 67.1 Å². The second-order valence-corrected chi connectivity index (χ2v) is 3.41. The molecule has 0 bridgehead atoms. The first-order chi connectivity index (χ1) is 8.19. The first-order valence-corrected chi connectivity index (χ1v) is 5.39. The maximum atomic E-state index is 13.3. The SMILES string of the molecule is Fc1ccc(-c2cc[c-]cc2)c(F)c1.[Br-].[CH2-]CC.[Mg+2]. The Kier molecular flexibility index (Phi) is 12.5. The van der Waals surface area contributed by atoms with E-state index in [0.717, 1.165) is 18.1 Å². The molecule has 0 heterocycles. The maximum Gasteiger partial charge on any atom is 2.00 e. The third-order valence-corrected chi connectivity index (χ3v) is 1.96. The van der Waals surface area contributed by atoms with Crippen LogP contribution in [0.4, 0.5) is 8.78 Å². The molecule has 0 saturated heterocycles. The summed E-state index contributed by atoms with van der Waals surface area (Å²) in [7, 11) is 0. The summed E-state index contributed by atoms with van der Waals surface area (Å²) in [5.41, 5.74) is 1.13. The molecule has 2 aromatic rings. The Balaban J connectivity index is 0. The molecule has 2 aromatic carbocycles. The van der Waals surface area contributed by atoms with E-state index in [-0.39, 0.29) is 40.0 Å². The van der Waals surface area contributed by atoms with Crippen molar-refractivity contribution in [1.82, 2.24) is 0 Å². The molecule has 0 aliphatic carbocycles. The van der Waals surface area contributed by atoms with E-state index in [9.17, 15) is 8.78 Å². The molecule has 0 unspecified atom stereocenters. The van der Waals surface area contributed by atoms with Crippen molar-refractivity contribution in [2.24, 2.45) is 0 Å². The number of hydrogen-bond donors (Lipinski definition) is 0. The van der Waals surface area contributed by atoms with Gasteiger partial charge in [-0.1, -0.05) is 13.0 Å². The van der Waals surface area contributed by atoms with Gasteiger partial charge in [0.15, 0.2) is 0 Å². The van der Waals surface area contributed by atoms with E-state index in [1.165, 1.54) is 12.1 Å². The fourth-order valence-electron chi connectivity index (χ4n) is 1.29. The molecule has 19 heavy (non-hydrogen) atoms. The minimum absolute atomic E-state index is 0. The van der Waals surface area contributed by atoms with Gasteiger partial charge < -0.3 is 23.9 Å². The van der Waals surface area contributed by atoms with Crippen molar-refractivity contribution in [1.29, 1.82) is 0 Å². The summed E-state index contributed by atoms with van der Waals surface area (Å²) in [5.74, 6) is -1.11. The molecule has 0 spiro atoms. The molecule has 0 aliphatic rings. The molecule has 0 N–H and O–H groups in total. The average molecular weight is 336 g/mol. The van der Waals surface area contributed by atoms with Crippen LogP contribution in [0.1, 0.15) is 13.3 Å². The summed E-state index contributed by atoms with van der Waals surface area (Å²) in [5, 5.41) is 0. The van der Waals surface area contributed by atoms with E-state index in [0.29, 0.717) is 5.56 Å². The topological polar surface area (TPSA) is 0 Å². The van der Waals surface area contributed by atoms with Gasteiger partial charge in [0.1, 0.15) is 11.6 Å². The Bertz CT molecular complexity index is 461. The van der Waals surface area contributed by atoms with Crippen molar-refractivity contribution in [3.8, 4) is 11.1 Å². The number of benzene rings is 2. The summed E-state index contributed by atoms with van der Waals surface area (Å²) in [4.78, 5) is 0. The van der Waals surface area contributed by atoms with Gasteiger partial charge >= 0.3 is 23.1 Å². The Morgan fingerprint density at radius 3 is 2.11 bits per heavy atom. The van der Waals surface area contributed by atoms with Crippen LogP contribution in [-0.2, 0) is 0 Å². The fraction of sp³-hybridized carbons (Fsp3) is 0.133. The molecule has 2 rings (SSSR count). The summed E-state index contributed by atoms with van der Waals surface area (Å²) >= 11 is 0. The van der Waals surface area contributed by atoms with Gasteiger partial charge in [0, 0.05) is 6.07 Å². The predicted octanol–water partition coefficient (Wildman–Crippen LogP) is 1.29. The molecule has 0 nitrogen and oxygen atoms in total. The number of hydrogen-bond acceptors (Lipinski definition) is 0. The Morgan fingerprint density at radius 2 is 1.63 bits per heavy atom. The van der Waals surface area contributed by atoms with E-state index in [1.54, 1.807) is 24.3 Å². The van der Waals surface area contributed by atoms with Crippen LogP contribution in [0.3, 0.4) is 0 Å². The molecule has 0 aromatic heterocycles. The van der Waals surface area contributed by atoms with E-state index >= 15 is 0 Å². The quantitative estimate of drug-likeness (QED) is 0.544. The van der Waals surface area contributed by atoms with Crippen LogP contribution in [0, 0.1) is 24.6 Å². The van der Waals surface area contributed by atoms with Crippen molar-refractivity contribution in [2.45, 2.75) is 13.3 Å². The van der Waals surface area contributed by atoms with Gasteiger partial charge in [0.05, 0.1) is 0 Å². The van der Waals surface area contributed by atoms with Gasteiger partial charge in [-0.2, -0.15) is 36.8 Å². The van der Waals surface area contributed by atoms with Gasteiger partial charge in [-0.05, 0) is 11.6 Å². The van der Waals surface area contributed by atoms with E-state index in [2.05, 4.69) is 13.0 Å². The summed E-state index contributed by atoms with van der Waals surface area (Å²) in [6.07, 6.45) is 1.00. The summed E-state index contributed by atoms with van der Waals surface area (Å²) in [6, 6.07) is 13.2. The Labute approximate surface area is 140 Å². The van der Waals surface area contributed by atoms with E-state index in [1.807, 2.05) is 6.92 Å². The second-order valence-electron chi connectivity index (χ2n) is 3.41. The minimum atomic E-state index is -0.561. The van der Waals surface area contributed by atoms with Gasteiger partial charge in [-0.25, -0.2) is 8.78 Å². The number of rotatable bonds is 1. The van der Waals surface area contributed by atoms with Crippen LogP contribution in [0.15, 0.2) is 42.5 Å². The van der Waals surface area contributed by atoms with Crippen LogP contribution < -0.4 is 17.0 Å². The molecule has 0 aliphatic heterocycles. The van der Waals surface area contributed by atoms with Crippen LogP contribution >= 0.6 is 0 Å². The predicted molar refractivity (Wildman–Crippen MR) is 72.0 cm³/mol. The third-order valence-electron chi connectivity index (χ3n) is 1.96. The third kappa shape index (κ3) is 7.04. The van der Waals surface area contributed by atoms with Crippen molar-refractivity contribution in [3.63, 3.8) is 0 Å². The zero-order valence-corrected chi connectivity index (χ0v) is 13.8. The second kappa shape index (κ2) is 11.4. The summed E-state index contributed by atoms with van der Waals surface area (Å²) in [6.45, 7) is 5.50. The molecular formula is C15H14BrF2Mg-. The molecule has 0 saturated carbocycles. The standard InChI is InChI=1S/C12H7F2.C3H7.BrH.Mg/c13-10-6-7-11(12(14)8-10)9-4-2-1-3-5-9;1-3-2;;/h2-8H;1,3H2,2H3;1H;/q2*-1;;+2/p-1. The molecular weight excluding hydrogens is 322 g/mol. The monoisotopic (exact) mass is 335 g/mol. The van der Waals surface area contributed by atoms with Crippen LogP contribution in [0.2, 0.25) is 0 Å². The van der Waals surface area contributed by atoms with Crippen molar-refractivity contribution in [2.75, 3.05) is 0 Å². The first-order valence-electron chi connectivity index (χ1n) is 5.39. The maximum absolute atomic E-state index is 13.3. The number of halogens is 3. The minimum Gasteiger partial charge on any atom is -1.00 e. The largest absolute Gasteiger partial charge is 2.00 e. The van der Waals surface area contributed by atoms with E-state index in [4.69, 9.17) is 0 Å². The Morgan fingerprint density at radius 1 is 1.11 bits per heavy atom. The Hall–Kier alpha value is -0.454. The van der Waals surface area contributed by atoms with Crippen molar-refractivity contribution < 1.29 is 25.8 Å². The molecule has 4 heteroatoms. The molecule has 0 fully saturated rings. The van der Waals surface area contributed by atoms with Gasteiger partial charge in [-0.15, -0.1) is 5.56 Å². The molecule has 0 radical (unpaired) electrons. The average Bonchev–Trinajstić information content (AvgIpc) is 2.31. The van der Waals surface area contributed by atoms with Gasteiger partial charge in [0.2, 0.25) is 0 Å². The smallest absolute Gasteiger partial charge is 1.00 e. The van der Waals surface area contributed by atoms with Crippen molar-refractivity contribution >= 4 is 23.1 Å². The fourth-order valence-corrected chi connectivity index (χ4v) is 1.29. The molecule has 98 valence electrons. The van der Waals surface area contributed by atoms with Gasteiger partial charge in [0.25, 0.3) is 0 Å². The molecule has 0 atom stereocenters. The normalized spacial score (nSPS) is 8.42. The molecule has 0 amide bonds. The zero-order chi connectivity index (χ0) is 12.7. The zero-order valence-electron chi connectivity index (χ0n) is 10.8. The van der Waals surface area contributed by atoms with Crippen LogP contribution in [-0.4, -0.2) is 23.1 Å². The first kappa shape index (κ1) is 20.9. The summed E-state index contributed by atoms with van der Waals surface area (Å²) < 4.78 is 25.9. The van der Waals surface area contributed by atoms with Crippen LogP contribution in [0.5, 0.6) is 0 Å². The van der Waals surface area contributed by atoms with Gasteiger partial charge in [-0.3, -0.25) is 0 Å².